The van der Waals surface area contributed by atoms with Crippen molar-refractivity contribution in [1.82, 2.24) is 4.90 Å². The molecule has 1 N–H and O–H groups in total. The highest BCUT2D eigenvalue weighted by atomic mass is 16.4. The summed E-state index contributed by atoms with van der Waals surface area (Å²) in [6, 6.07) is 16.9. The van der Waals surface area contributed by atoms with Crippen LogP contribution in [0.1, 0.15) is 12.0 Å². The van der Waals surface area contributed by atoms with Crippen molar-refractivity contribution >= 4 is 17.7 Å². The number of benzene rings is 2. The van der Waals surface area contributed by atoms with Crippen LogP contribution in [0.5, 0.6) is 0 Å². The summed E-state index contributed by atoms with van der Waals surface area (Å²) in [6.07, 6.45) is -0.0444. The number of hydrogen-bond donors (Lipinski definition) is 1. The lowest BCUT2D eigenvalue weighted by Crippen LogP contribution is -2.33. The largest absolute Gasteiger partial charge is 0.481 e. The second-order valence-corrected chi connectivity index (χ2v) is 5.80. The molecule has 25 heavy (non-hydrogen) atoms. The number of carbonyl (C=O) groups is 2. The first kappa shape index (κ1) is 16.5. The van der Waals surface area contributed by atoms with Crippen LogP contribution in [0, 0.1) is 11.3 Å². The van der Waals surface area contributed by atoms with Gasteiger partial charge in [-0.2, -0.15) is 5.26 Å². The highest BCUT2D eigenvalue weighted by Crippen LogP contribution is 2.25. The van der Waals surface area contributed by atoms with Gasteiger partial charge in [-0.05, 0) is 35.4 Å². The lowest BCUT2D eigenvalue weighted by Gasteiger charge is -2.18. The van der Waals surface area contributed by atoms with Crippen molar-refractivity contribution < 1.29 is 14.7 Å². The van der Waals surface area contributed by atoms with Crippen molar-refractivity contribution in [2.75, 3.05) is 24.5 Å². The minimum Gasteiger partial charge on any atom is -0.481 e. The first-order valence-electron chi connectivity index (χ1n) is 7.97. The van der Waals surface area contributed by atoms with Gasteiger partial charge in [0, 0.05) is 25.3 Å². The van der Waals surface area contributed by atoms with E-state index in [0.717, 1.165) is 16.8 Å². The number of anilines is 1. The number of amides is 2. The van der Waals surface area contributed by atoms with Gasteiger partial charge in [0.1, 0.15) is 0 Å². The zero-order chi connectivity index (χ0) is 17.8. The van der Waals surface area contributed by atoms with Crippen LogP contribution in [-0.4, -0.2) is 41.6 Å². The molecule has 3 rings (SSSR count). The van der Waals surface area contributed by atoms with Crippen molar-refractivity contribution in [2.45, 2.75) is 6.42 Å². The number of carboxylic acids is 1. The third-order valence-corrected chi connectivity index (χ3v) is 4.22. The Morgan fingerprint density at radius 3 is 2.20 bits per heavy atom. The molecular formula is C19H17N3O3. The summed E-state index contributed by atoms with van der Waals surface area (Å²) < 4.78 is 0. The van der Waals surface area contributed by atoms with Gasteiger partial charge >= 0.3 is 12.0 Å². The lowest BCUT2D eigenvalue weighted by molar-refractivity contribution is -0.137. The second-order valence-electron chi connectivity index (χ2n) is 5.80. The Hall–Kier alpha value is -3.33. The van der Waals surface area contributed by atoms with Gasteiger partial charge in [0.05, 0.1) is 18.1 Å². The van der Waals surface area contributed by atoms with Crippen LogP contribution >= 0.6 is 0 Å². The van der Waals surface area contributed by atoms with E-state index < -0.39 is 5.97 Å². The average molecular weight is 335 g/mol. The lowest BCUT2D eigenvalue weighted by atomic mass is 10.0. The predicted octanol–water partition coefficient (Wildman–Crippen LogP) is 2.94. The molecule has 0 aromatic heterocycles. The van der Waals surface area contributed by atoms with E-state index >= 15 is 0 Å². The Labute approximate surface area is 145 Å². The van der Waals surface area contributed by atoms with E-state index in [-0.39, 0.29) is 19.0 Å². The van der Waals surface area contributed by atoms with Crippen molar-refractivity contribution in [3.63, 3.8) is 0 Å². The Morgan fingerprint density at radius 2 is 1.64 bits per heavy atom. The van der Waals surface area contributed by atoms with Gasteiger partial charge in [-0.3, -0.25) is 9.69 Å². The second kappa shape index (κ2) is 7.05. The van der Waals surface area contributed by atoms with Crippen LogP contribution in [-0.2, 0) is 4.79 Å². The first-order chi connectivity index (χ1) is 12.1. The molecule has 126 valence electrons. The Kier molecular flexibility index (Phi) is 4.66. The van der Waals surface area contributed by atoms with E-state index in [4.69, 9.17) is 10.4 Å². The zero-order valence-electron chi connectivity index (χ0n) is 13.6. The Bertz CT molecular complexity index is 822. The molecule has 0 unspecified atom stereocenters. The minimum absolute atomic E-state index is 0.0444. The molecule has 0 bridgehead atoms. The smallest absolute Gasteiger partial charge is 0.324 e. The summed E-state index contributed by atoms with van der Waals surface area (Å²) in [5.74, 6) is -0.905. The number of carbonyl (C=O) groups excluding carboxylic acids is 1. The quantitative estimate of drug-likeness (QED) is 0.910. The summed E-state index contributed by atoms with van der Waals surface area (Å²) >= 11 is 0. The fourth-order valence-corrected chi connectivity index (χ4v) is 2.83. The van der Waals surface area contributed by atoms with Crippen LogP contribution in [0.3, 0.4) is 0 Å². The summed E-state index contributed by atoms with van der Waals surface area (Å²) in [5.41, 5.74) is 3.41. The van der Waals surface area contributed by atoms with Gasteiger partial charge in [0.15, 0.2) is 0 Å². The molecule has 1 heterocycles. The average Bonchev–Trinajstić information content (AvgIpc) is 3.01. The minimum atomic E-state index is -0.905. The van der Waals surface area contributed by atoms with E-state index in [2.05, 4.69) is 6.07 Å². The highest BCUT2D eigenvalue weighted by Gasteiger charge is 2.29. The molecule has 2 amide bonds. The summed E-state index contributed by atoms with van der Waals surface area (Å²) in [5, 5.41) is 17.6. The van der Waals surface area contributed by atoms with Crippen LogP contribution < -0.4 is 4.90 Å². The molecule has 1 saturated heterocycles. The fraction of sp³-hybridized carbons (Fsp3) is 0.211. The first-order valence-corrected chi connectivity index (χ1v) is 7.97. The molecular weight excluding hydrogens is 318 g/mol. The number of nitrogens with zero attached hydrogens (tertiary/aromatic N) is 3. The Morgan fingerprint density at radius 1 is 1.04 bits per heavy atom. The van der Waals surface area contributed by atoms with E-state index in [1.807, 2.05) is 36.4 Å². The fourth-order valence-electron chi connectivity index (χ4n) is 2.83. The van der Waals surface area contributed by atoms with Gasteiger partial charge in [-0.15, -0.1) is 0 Å². The van der Waals surface area contributed by atoms with Crippen LogP contribution in [0.4, 0.5) is 10.5 Å². The number of urea groups is 1. The number of nitriles is 1. The normalized spacial score (nSPS) is 13.8. The maximum Gasteiger partial charge on any atom is 0.324 e. The van der Waals surface area contributed by atoms with Crippen molar-refractivity contribution in [1.29, 1.82) is 5.26 Å². The van der Waals surface area contributed by atoms with Gasteiger partial charge in [0.25, 0.3) is 0 Å². The molecule has 6 nitrogen and oxygen atoms in total. The van der Waals surface area contributed by atoms with Gasteiger partial charge in [0.2, 0.25) is 0 Å². The number of carboxylic acid groups (broad SMARTS) is 1. The van der Waals surface area contributed by atoms with Gasteiger partial charge in [-0.25, -0.2) is 4.79 Å². The number of rotatable bonds is 5. The molecule has 0 aliphatic carbocycles. The molecule has 1 aliphatic heterocycles. The molecule has 1 fully saturated rings. The zero-order valence-corrected chi connectivity index (χ0v) is 13.6. The van der Waals surface area contributed by atoms with Gasteiger partial charge in [-0.1, -0.05) is 24.3 Å². The van der Waals surface area contributed by atoms with Crippen LogP contribution in [0.25, 0.3) is 11.1 Å². The van der Waals surface area contributed by atoms with E-state index in [1.165, 1.54) is 0 Å². The van der Waals surface area contributed by atoms with Crippen molar-refractivity contribution in [3.05, 3.63) is 54.1 Å². The van der Waals surface area contributed by atoms with E-state index in [0.29, 0.717) is 18.7 Å². The third kappa shape index (κ3) is 3.61. The molecule has 0 saturated carbocycles. The van der Waals surface area contributed by atoms with E-state index in [1.54, 1.807) is 21.9 Å². The molecule has 0 atom stereocenters. The summed E-state index contributed by atoms with van der Waals surface area (Å²) in [4.78, 5) is 26.2. The maximum atomic E-state index is 12.4. The molecule has 1 aliphatic rings. The van der Waals surface area contributed by atoms with E-state index in [9.17, 15) is 9.59 Å². The summed E-state index contributed by atoms with van der Waals surface area (Å²) in [7, 11) is 0. The Balaban J connectivity index is 1.71. The summed E-state index contributed by atoms with van der Waals surface area (Å²) in [6.45, 7) is 1.31. The molecule has 0 radical (unpaired) electrons. The standard InChI is InChI=1S/C19H17N3O3/c20-13-14-1-3-15(4-2-14)16-5-7-17(8-6-16)22-12-11-21(19(22)25)10-9-18(23)24/h1-8H,9-12H2,(H,23,24). The monoisotopic (exact) mass is 335 g/mol. The maximum absolute atomic E-state index is 12.4. The number of hydrogen-bond acceptors (Lipinski definition) is 3. The molecule has 2 aromatic carbocycles. The van der Waals surface area contributed by atoms with Crippen LogP contribution in [0.15, 0.2) is 48.5 Å². The molecule has 2 aromatic rings. The van der Waals surface area contributed by atoms with Crippen LogP contribution in [0.2, 0.25) is 0 Å². The highest BCUT2D eigenvalue weighted by molar-refractivity contribution is 5.94. The van der Waals surface area contributed by atoms with Crippen molar-refractivity contribution in [3.8, 4) is 17.2 Å². The predicted molar refractivity (Wildman–Crippen MR) is 93.2 cm³/mol. The van der Waals surface area contributed by atoms with Crippen molar-refractivity contribution in [2.24, 2.45) is 0 Å². The number of aliphatic carboxylic acids is 1. The van der Waals surface area contributed by atoms with Gasteiger partial charge < -0.3 is 10.0 Å². The third-order valence-electron chi connectivity index (χ3n) is 4.22. The molecule has 6 heteroatoms. The SMILES string of the molecule is N#Cc1ccc(-c2ccc(N3CCN(CCC(=O)O)C3=O)cc2)cc1. The topological polar surface area (TPSA) is 84.6 Å². The molecule has 0 spiro atoms.